The van der Waals surface area contributed by atoms with Gasteiger partial charge in [0.25, 0.3) is 0 Å². The maximum Gasteiger partial charge on any atom is 0.171 e. The van der Waals surface area contributed by atoms with Crippen molar-refractivity contribution < 1.29 is 24.1 Å². The molecule has 5 nitrogen and oxygen atoms in total. The second kappa shape index (κ2) is 5.43. The van der Waals surface area contributed by atoms with E-state index < -0.39 is 11.9 Å². The normalized spacial score (nSPS) is 39.5. The van der Waals surface area contributed by atoms with E-state index in [4.69, 9.17) is 18.9 Å². The lowest BCUT2D eigenvalue weighted by Gasteiger charge is -2.39. The number of hydrogen-bond donors (Lipinski definition) is 1. The van der Waals surface area contributed by atoms with Gasteiger partial charge < -0.3 is 24.1 Å². The fourth-order valence-corrected chi connectivity index (χ4v) is 3.03. The third kappa shape index (κ3) is 2.70. The van der Waals surface area contributed by atoms with Gasteiger partial charge in [-0.3, -0.25) is 0 Å². The van der Waals surface area contributed by atoms with Crippen LogP contribution in [0.4, 0.5) is 0 Å². The molecule has 1 aliphatic carbocycles. The lowest BCUT2D eigenvalue weighted by atomic mass is 9.89. The first kappa shape index (κ1) is 12.8. The summed E-state index contributed by atoms with van der Waals surface area (Å²) in [6, 6.07) is 0. The fraction of sp³-hybridized carbons (Fsp3) is 1.00. The molecular weight excluding hydrogens is 236 g/mol. The topological polar surface area (TPSA) is 57.2 Å². The van der Waals surface area contributed by atoms with E-state index in [0.29, 0.717) is 32.7 Å². The molecule has 3 rings (SSSR count). The highest BCUT2D eigenvalue weighted by molar-refractivity contribution is 4.89. The summed E-state index contributed by atoms with van der Waals surface area (Å²) in [6.45, 7) is 2.69. The van der Waals surface area contributed by atoms with Crippen molar-refractivity contribution in [2.45, 2.75) is 56.2 Å². The van der Waals surface area contributed by atoms with E-state index in [0.717, 1.165) is 25.9 Å². The molecule has 2 heterocycles. The summed E-state index contributed by atoms with van der Waals surface area (Å²) in [5.41, 5.74) is 0. The number of hydrogen-bond acceptors (Lipinski definition) is 5. The highest BCUT2D eigenvalue weighted by Gasteiger charge is 2.45. The Morgan fingerprint density at radius 2 is 2.00 bits per heavy atom. The van der Waals surface area contributed by atoms with Crippen molar-refractivity contribution in [3.63, 3.8) is 0 Å². The number of aliphatic hydroxyl groups is 1. The van der Waals surface area contributed by atoms with Gasteiger partial charge in [0.05, 0.1) is 38.1 Å². The number of ether oxygens (including phenoxy) is 4. The van der Waals surface area contributed by atoms with E-state index in [9.17, 15) is 5.11 Å². The zero-order valence-corrected chi connectivity index (χ0v) is 10.7. The van der Waals surface area contributed by atoms with Gasteiger partial charge in [-0.25, -0.2) is 0 Å². The van der Waals surface area contributed by atoms with Crippen LogP contribution in [0, 0.1) is 0 Å². The molecule has 3 unspecified atom stereocenters. The molecule has 1 saturated carbocycles. The van der Waals surface area contributed by atoms with Gasteiger partial charge in [-0.15, -0.1) is 0 Å². The molecule has 1 spiro atoms. The molecule has 18 heavy (non-hydrogen) atoms. The largest absolute Gasteiger partial charge is 0.390 e. The molecule has 3 aliphatic rings. The second-order valence-corrected chi connectivity index (χ2v) is 5.42. The Hall–Kier alpha value is -0.200. The Morgan fingerprint density at radius 3 is 2.72 bits per heavy atom. The minimum absolute atomic E-state index is 0.193. The van der Waals surface area contributed by atoms with Crippen LogP contribution in [0.2, 0.25) is 0 Å². The third-order valence-corrected chi connectivity index (χ3v) is 4.10. The molecule has 0 amide bonds. The van der Waals surface area contributed by atoms with Crippen LogP contribution < -0.4 is 0 Å². The van der Waals surface area contributed by atoms with Crippen LogP contribution in [0.5, 0.6) is 0 Å². The van der Waals surface area contributed by atoms with Crippen LogP contribution >= 0.6 is 0 Å². The smallest absolute Gasteiger partial charge is 0.171 e. The maximum atomic E-state index is 10.0. The van der Waals surface area contributed by atoms with E-state index in [-0.39, 0.29) is 12.2 Å². The van der Waals surface area contributed by atoms with Crippen LogP contribution in [0.25, 0.3) is 0 Å². The number of aliphatic hydroxyl groups excluding tert-OH is 1. The first-order valence-corrected chi connectivity index (χ1v) is 6.97. The molecule has 2 aliphatic heterocycles. The summed E-state index contributed by atoms with van der Waals surface area (Å²) in [5, 5.41) is 10.0. The van der Waals surface area contributed by atoms with E-state index >= 15 is 0 Å². The van der Waals surface area contributed by atoms with Gasteiger partial charge in [-0.2, -0.15) is 0 Å². The predicted octanol–water partition coefficient (Wildman–Crippen LogP) is 0.838. The van der Waals surface area contributed by atoms with Gasteiger partial charge >= 0.3 is 0 Å². The lowest BCUT2D eigenvalue weighted by Crippen LogP contribution is -2.47. The van der Waals surface area contributed by atoms with Gasteiger partial charge in [0, 0.05) is 19.4 Å². The average Bonchev–Trinajstić information content (AvgIpc) is 3.03. The molecular formula is C13H22O5. The van der Waals surface area contributed by atoms with Crippen LogP contribution in [0.15, 0.2) is 0 Å². The Balaban J connectivity index is 1.52. The Labute approximate surface area is 107 Å². The highest BCUT2D eigenvalue weighted by atomic mass is 16.7. The SMILES string of the molecule is OC1CCC2(CC1OCC1CCCO1)OCCO2. The molecule has 104 valence electrons. The van der Waals surface area contributed by atoms with Crippen molar-refractivity contribution in [3.05, 3.63) is 0 Å². The van der Waals surface area contributed by atoms with Gasteiger partial charge in [0.2, 0.25) is 0 Å². The van der Waals surface area contributed by atoms with Crippen LogP contribution in [0.3, 0.4) is 0 Å². The summed E-state index contributed by atoms with van der Waals surface area (Å²) in [5.74, 6) is -0.500. The first-order chi connectivity index (χ1) is 8.77. The first-order valence-electron chi connectivity index (χ1n) is 6.97. The van der Waals surface area contributed by atoms with Crippen LogP contribution in [-0.4, -0.2) is 55.6 Å². The summed E-state index contributed by atoms with van der Waals surface area (Å²) in [4.78, 5) is 0. The maximum absolute atomic E-state index is 10.0. The lowest BCUT2D eigenvalue weighted by molar-refractivity contribution is -0.224. The van der Waals surface area contributed by atoms with Gasteiger partial charge in [-0.1, -0.05) is 0 Å². The molecule has 3 fully saturated rings. The highest BCUT2D eigenvalue weighted by Crippen LogP contribution is 2.37. The molecule has 0 aromatic heterocycles. The molecule has 5 heteroatoms. The molecule has 3 atom stereocenters. The molecule has 0 radical (unpaired) electrons. The zero-order valence-electron chi connectivity index (χ0n) is 10.7. The molecule has 0 aromatic rings. The minimum Gasteiger partial charge on any atom is -0.390 e. The predicted molar refractivity (Wildman–Crippen MR) is 63.2 cm³/mol. The van der Waals surface area contributed by atoms with Crippen molar-refractivity contribution >= 4 is 0 Å². The van der Waals surface area contributed by atoms with E-state index in [1.807, 2.05) is 0 Å². The second-order valence-electron chi connectivity index (χ2n) is 5.42. The monoisotopic (exact) mass is 258 g/mol. The Kier molecular flexibility index (Phi) is 3.86. The zero-order chi connectivity index (χ0) is 12.4. The van der Waals surface area contributed by atoms with Gasteiger partial charge in [-0.05, 0) is 19.3 Å². The summed E-state index contributed by atoms with van der Waals surface area (Å²) in [7, 11) is 0. The molecule has 2 saturated heterocycles. The third-order valence-electron chi connectivity index (χ3n) is 4.10. The quantitative estimate of drug-likeness (QED) is 0.813. The van der Waals surface area contributed by atoms with E-state index in [1.54, 1.807) is 0 Å². The summed E-state index contributed by atoms with van der Waals surface area (Å²) in [6.07, 6.45) is 3.81. The van der Waals surface area contributed by atoms with Gasteiger partial charge in [0.15, 0.2) is 5.79 Å². The van der Waals surface area contributed by atoms with Crippen molar-refractivity contribution in [2.24, 2.45) is 0 Å². The molecule has 0 bridgehead atoms. The summed E-state index contributed by atoms with van der Waals surface area (Å²) >= 11 is 0. The van der Waals surface area contributed by atoms with Crippen LogP contribution in [0.1, 0.15) is 32.1 Å². The van der Waals surface area contributed by atoms with E-state index in [2.05, 4.69) is 0 Å². The van der Waals surface area contributed by atoms with Crippen molar-refractivity contribution in [1.29, 1.82) is 0 Å². The molecule has 1 N–H and O–H groups in total. The van der Waals surface area contributed by atoms with Crippen molar-refractivity contribution in [1.82, 2.24) is 0 Å². The average molecular weight is 258 g/mol. The minimum atomic E-state index is -0.500. The fourth-order valence-electron chi connectivity index (χ4n) is 3.03. The summed E-state index contributed by atoms with van der Waals surface area (Å²) < 4.78 is 22.7. The number of rotatable bonds is 3. The standard InChI is InChI=1S/C13H22O5/c14-11-3-4-13(17-6-7-18-13)8-12(11)16-9-10-2-1-5-15-10/h10-12,14H,1-9H2. The van der Waals surface area contributed by atoms with Crippen molar-refractivity contribution in [3.8, 4) is 0 Å². The molecule has 0 aromatic carbocycles. The van der Waals surface area contributed by atoms with Gasteiger partial charge in [0.1, 0.15) is 0 Å². The van der Waals surface area contributed by atoms with Crippen molar-refractivity contribution in [2.75, 3.05) is 26.4 Å². The Bertz CT molecular complexity index is 271. The Morgan fingerprint density at radius 1 is 1.17 bits per heavy atom. The van der Waals surface area contributed by atoms with Crippen LogP contribution in [-0.2, 0) is 18.9 Å². The van der Waals surface area contributed by atoms with E-state index in [1.165, 1.54) is 0 Å².